The van der Waals surface area contributed by atoms with Crippen molar-refractivity contribution in [2.24, 2.45) is 5.73 Å². The van der Waals surface area contributed by atoms with Gasteiger partial charge in [0.05, 0.1) is 12.7 Å². The molecule has 0 aliphatic carbocycles. The Morgan fingerprint density at radius 3 is 2.88 bits per heavy atom. The number of benzene rings is 1. The van der Waals surface area contributed by atoms with Crippen molar-refractivity contribution in [2.75, 3.05) is 26.8 Å². The number of rotatable bonds is 3. The van der Waals surface area contributed by atoms with Gasteiger partial charge in [-0.05, 0) is 43.9 Å². The third kappa shape index (κ3) is 2.51. The number of nitrogens with two attached hydrogens (primary N) is 1. The van der Waals surface area contributed by atoms with Gasteiger partial charge in [0.25, 0.3) is 0 Å². The molecular formula is C19H27N3O2. The summed E-state index contributed by atoms with van der Waals surface area (Å²) in [5, 5.41) is 1.26. The van der Waals surface area contributed by atoms with Crippen molar-refractivity contribution in [1.82, 2.24) is 9.88 Å². The van der Waals surface area contributed by atoms with Gasteiger partial charge in [-0.25, -0.2) is 0 Å². The van der Waals surface area contributed by atoms with E-state index in [0.29, 0.717) is 0 Å². The number of methoxy groups -OCH3 is 1. The van der Waals surface area contributed by atoms with Gasteiger partial charge in [0.15, 0.2) is 0 Å². The number of piperidine rings is 1. The summed E-state index contributed by atoms with van der Waals surface area (Å²) in [5.41, 5.74) is 9.93. The van der Waals surface area contributed by atoms with Gasteiger partial charge in [-0.1, -0.05) is 0 Å². The van der Waals surface area contributed by atoms with Crippen LogP contribution in [0.5, 0.6) is 5.75 Å². The lowest BCUT2D eigenvalue weighted by Gasteiger charge is -2.41. The van der Waals surface area contributed by atoms with Crippen molar-refractivity contribution in [3.8, 4) is 5.75 Å². The van der Waals surface area contributed by atoms with Gasteiger partial charge in [-0.2, -0.15) is 0 Å². The second-order valence-electron chi connectivity index (χ2n) is 7.23. The molecule has 1 aromatic heterocycles. The van der Waals surface area contributed by atoms with Crippen LogP contribution in [0.1, 0.15) is 30.4 Å². The monoisotopic (exact) mass is 329 g/mol. The first-order valence-electron chi connectivity index (χ1n) is 8.88. The molecule has 0 bridgehead atoms. The molecule has 5 nitrogen and oxygen atoms in total. The molecule has 1 unspecified atom stereocenters. The molecule has 0 amide bonds. The number of hydrogen-bond acceptors (Lipinski definition) is 4. The Morgan fingerprint density at radius 2 is 2.21 bits per heavy atom. The van der Waals surface area contributed by atoms with Gasteiger partial charge in [0.2, 0.25) is 0 Å². The van der Waals surface area contributed by atoms with Gasteiger partial charge in [-0.3, -0.25) is 4.90 Å². The number of aromatic amines is 1. The maximum Gasteiger partial charge on any atom is 0.124 e. The molecule has 2 aromatic rings. The first-order valence-corrected chi connectivity index (χ1v) is 8.88. The fourth-order valence-electron chi connectivity index (χ4n) is 4.37. The fourth-order valence-corrected chi connectivity index (χ4v) is 4.37. The van der Waals surface area contributed by atoms with Gasteiger partial charge in [0.1, 0.15) is 5.75 Å². The molecule has 1 spiro atoms. The summed E-state index contributed by atoms with van der Waals surface area (Å²) < 4.78 is 11.7. The van der Waals surface area contributed by atoms with Crippen LogP contribution in [0, 0.1) is 6.92 Å². The Balaban J connectivity index is 1.55. The van der Waals surface area contributed by atoms with E-state index < -0.39 is 0 Å². The number of aryl methyl sites for hydroxylation is 1. The Bertz CT molecular complexity index is 732. The van der Waals surface area contributed by atoms with E-state index in [-0.39, 0.29) is 11.6 Å². The summed E-state index contributed by atoms with van der Waals surface area (Å²) in [4.78, 5) is 5.85. The number of ether oxygens (including phenoxy) is 2. The smallest absolute Gasteiger partial charge is 0.124 e. The second-order valence-corrected chi connectivity index (χ2v) is 7.23. The molecule has 3 N–H and O–H groups in total. The van der Waals surface area contributed by atoms with Crippen LogP contribution in [0.2, 0.25) is 0 Å². The predicted molar refractivity (Wildman–Crippen MR) is 95.4 cm³/mol. The van der Waals surface area contributed by atoms with Crippen molar-refractivity contribution in [2.45, 2.75) is 44.4 Å². The van der Waals surface area contributed by atoms with Gasteiger partial charge in [-0.15, -0.1) is 0 Å². The molecule has 2 aliphatic rings. The van der Waals surface area contributed by atoms with Gasteiger partial charge in [0, 0.05) is 54.9 Å². The van der Waals surface area contributed by atoms with Crippen LogP contribution in [0.15, 0.2) is 18.3 Å². The highest BCUT2D eigenvalue weighted by Gasteiger charge is 2.44. The zero-order valence-electron chi connectivity index (χ0n) is 14.6. The molecule has 0 saturated carbocycles. The average Bonchev–Trinajstić information content (AvgIpc) is 3.21. The highest BCUT2D eigenvalue weighted by Crippen LogP contribution is 2.37. The Kier molecular flexibility index (Phi) is 4.03. The van der Waals surface area contributed by atoms with E-state index in [4.69, 9.17) is 15.2 Å². The van der Waals surface area contributed by atoms with Crippen LogP contribution in [0.25, 0.3) is 10.9 Å². The lowest BCUT2D eigenvalue weighted by molar-refractivity contribution is -0.0522. The molecule has 2 saturated heterocycles. The molecule has 2 fully saturated rings. The topological polar surface area (TPSA) is 63.5 Å². The quantitative estimate of drug-likeness (QED) is 0.908. The number of likely N-dealkylation sites (tertiary alicyclic amines) is 1. The van der Waals surface area contributed by atoms with E-state index in [9.17, 15) is 0 Å². The molecule has 2 aliphatic heterocycles. The van der Waals surface area contributed by atoms with E-state index in [1.165, 1.54) is 22.0 Å². The summed E-state index contributed by atoms with van der Waals surface area (Å²) in [6, 6.07) is 4.49. The predicted octanol–water partition coefficient (Wildman–Crippen LogP) is 2.57. The van der Waals surface area contributed by atoms with Crippen molar-refractivity contribution < 1.29 is 9.47 Å². The summed E-state index contributed by atoms with van der Waals surface area (Å²) in [6.07, 6.45) is 5.06. The molecular weight excluding hydrogens is 302 g/mol. The second kappa shape index (κ2) is 6.06. The number of hydrogen-bond donors (Lipinski definition) is 2. The van der Waals surface area contributed by atoms with E-state index >= 15 is 0 Å². The molecule has 3 heterocycles. The molecule has 4 rings (SSSR count). The van der Waals surface area contributed by atoms with Crippen molar-refractivity contribution in [1.29, 1.82) is 0 Å². The highest BCUT2D eigenvalue weighted by molar-refractivity contribution is 5.88. The standard InChI is InChI=1S/C19H27N3O2/c1-13-11-16(23-2)15(14-3-7-21-18(13)14)12-22-8-5-19(6-9-22)17(20)4-10-24-19/h3,7,11,17,21H,4-6,8-10,12,20H2,1-2H3. The minimum Gasteiger partial charge on any atom is -0.496 e. The Hall–Kier alpha value is -1.56. The first kappa shape index (κ1) is 15.9. The van der Waals surface area contributed by atoms with Crippen LogP contribution in [-0.4, -0.2) is 48.3 Å². The fraction of sp³-hybridized carbons (Fsp3) is 0.579. The normalized spacial score (nSPS) is 24.0. The third-order valence-corrected chi connectivity index (χ3v) is 5.91. The SMILES string of the molecule is COc1cc(C)c2[nH]ccc2c1CN1CCC2(CC1)OCCC2N. The van der Waals surface area contributed by atoms with Crippen LogP contribution in [0.4, 0.5) is 0 Å². The zero-order chi connectivity index (χ0) is 16.7. The molecule has 5 heteroatoms. The van der Waals surface area contributed by atoms with Gasteiger partial charge < -0.3 is 20.2 Å². The summed E-state index contributed by atoms with van der Waals surface area (Å²) >= 11 is 0. The molecule has 130 valence electrons. The average molecular weight is 329 g/mol. The van der Waals surface area contributed by atoms with Crippen molar-refractivity contribution in [3.63, 3.8) is 0 Å². The van der Waals surface area contributed by atoms with Gasteiger partial charge >= 0.3 is 0 Å². The lowest BCUT2D eigenvalue weighted by atomic mass is 9.85. The summed E-state index contributed by atoms with van der Waals surface area (Å²) in [5.74, 6) is 0.980. The minimum atomic E-state index is -0.0722. The minimum absolute atomic E-state index is 0.0722. The van der Waals surface area contributed by atoms with E-state index in [1.54, 1.807) is 7.11 Å². The number of nitrogens with zero attached hydrogens (tertiary/aromatic N) is 1. The van der Waals surface area contributed by atoms with Crippen molar-refractivity contribution >= 4 is 10.9 Å². The van der Waals surface area contributed by atoms with E-state index in [1.807, 2.05) is 6.20 Å². The van der Waals surface area contributed by atoms with E-state index in [0.717, 1.165) is 51.3 Å². The molecule has 1 atom stereocenters. The van der Waals surface area contributed by atoms with Crippen LogP contribution < -0.4 is 10.5 Å². The van der Waals surface area contributed by atoms with Crippen LogP contribution in [-0.2, 0) is 11.3 Å². The number of nitrogens with one attached hydrogen (secondary N) is 1. The third-order valence-electron chi connectivity index (χ3n) is 5.91. The summed E-state index contributed by atoms with van der Waals surface area (Å²) in [7, 11) is 1.76. The van der Waals surface area contributed by atoms with E-state index in [2.05, 4.69) is 28.9 Å². The lowest BCUT2D eigenvalue weighted by Crippen LogP contribution is -2.52. The maximum atomic E-state index is 6.30. The number of fused-ring (bicyclic) bond motifs is 1. The number of aromatic nitrogens is 1. The van der Waals surface area contributed by atoms with Crippen LogP contribution in [0.3, 0.4) is 0 Å². The highest BCUT2D eigenvalue weighted by atomic mass is 16.5. The Morgan fingerprint density at radius 1 is 1.42 bits per heavy atom. The zero-order valence-corrected chi connectivity index (χ0v) is 14.6. The Labute approximate surface area is 143 Å². The van der Waals surface area contributed by atoms with Crippen molar-refractivity contribution in [3.05, 3.63) is 29.5 Å². The van der Waals surface area contributed by atoms with Crippen LogP contribution >= 0.6 is 0 Å². The number of H-pyrrole nitrogens is 1. The largest absolute Gasteiger partial charge is 0.496 e. The molecule has 1 aromatic carbocycles. The maximum absolute atomic E-state index is 6.30. The first-order chi connectivity index (χ1) is 11.6. The summed E-state index contributed by atoms with van der Waals surface area (Å²) in [6.45, 7) is 5.89. The molecule has 0 radical (unpaired) electrons. The molecule has 24 heavy (non-hydrogen) atoms.